The number of nitrogens with one attached hydrogen (secondary N) is 1. The highest BCUT2D eigenvalue weighted by Crippen LogP contribution is 2.27. The van der Waals surface area contributed by atoms with E-state index in [1.807, 2.05) is 0 Å². The Morgan fingerprint density at radius 2 is 1.79 bits per heavy atom. The van der Waals surface area contributed by atoms with Gasteiger partial charge in [-0.2, -0.15) is 0 Å². The number of hydrogen-bond acceptors (Lipinski definition) is 6. The number of nitro groups is 1. The number of nitro benzene ring substituents is 1. The zero-order chi connectivity index (χ0) is 20.7. The Balaban J connectivity index is 1.55. The lowest BCUT2D eigenvalue weighted by atomic mass is 10.1. The van der Waals surface area contributed by atoms with Gasteiger partial charge in [-0.1, -0.05) is 12.1 Å². The molecule has 4 rings (SSSR count). The van der Waals surface area contributed by atoms with Gasteiger partial charge in [-0.15, -0.1) is 0 Å². The number of non-ortho nitro benzene ring substituents is 1. The number of hydrogen-bond donors (Lipinski definition) is 1. The first-order chi connectivity index (χ1) is 13.8. The number of carbonyl (C=O) groups excluding carboxylic acids is 3. The minimum atomic E-state index is -0.563. The maximum absolute atomic E-state index is 12.5. The summed E-state index contributed by atoms with van der Waals surface area (Å²) in [5.41, 5.74) is 1.20. The van der Waals surface area contributed by atoms with Gasteiger partial charge in [0, 0.05) is 30.4 Å². The van der Waals surface area contributed by atoms with E-state index >= 15 is 0 Å². The predicted octanol–water partition coefficient (Wildman–Crippen LogP) is 3.33. The second-order valence-corrected chi connectivity index (χ2v) is 6.36. The van der Waals surface area contributed by atoms with Gasteiger partial charge in [0.1, 0.15) is 5.76 Å². The number of rotatable bonds is 4. The Morgan fingerprint density at radius 3 is 2.55 bits per heavy atom. The lowest BCUT2D eigenvalue weighted by Crippen LogP contribution is -2.24. The molecular formula is C20H13N3O6. The number of nitrogens with zero attached hydrogens (tertiary/aromatic N) is 2. The molecule has 0 aliphatic carbocycles. The first-order valence-electron chi connectivity index (χ1n) is 8.47. The molecule has 1 aliphatic rings. The van der Waals surface area contributed by atoms with Crippen molar-refractivity contribution >= 4 is 29.1 Å². The third kappa shape index (κ3) is 3.14. The van der Waals surface area contributed by atoms with E-state index < -0.39 is 22.6 Å². The molecular weight excluding hydrogens is 378 g/mol. The highest BCUT2D eigenvalue weighted by molar-refractivity contribution is 6.21. The van der Waals surface area contributed by atoms with Crippen LogP contribution in [0.15, 0.2) is 59.0 Å². The normalized spacial score (nSPS) is 12.8. The summed E-state index contributed by atoms with van der Waals surface area (Å²) in [5, 5.41) is 13.5. The molecule has 3 amide bonds. The summed E-state index contributed by atoms with van der Waals surface area (Å²) >= 11 is 0. The largest absolute Gasteiger partial charge is 0.451 e. The molecule has 1 N–H and O–H groups in total. The molecule has 1 aliphatic heterocycles. The predicted molar refractivity (Wildman–Crippen MR) is 102 cm³/mol. The van der Waals surface area contributed by atoms with Crippen molar-refractivity contribution in [3.8, 4) is 11.3 Å². The van der Waals surface area contributed by atoms with Crippen LogP contribution in [0.5, 0.6) is 0 Å². The molecule has 29 heavy (non-hydrogen) atoms. The molecule has 0 saturated carbocycles. The zero-order valence-electron chi connectivity index (χ0n) is 15.0. The van der Waals surface area contributed by atoms with Gasteiger partial charge in [0.15, 0.2) is 5.76 Å². The average molecular weight is 391 g/mol. The number of amides is 3. The summed E-state index contributed by atoms with van der Waals surface area (Å²) in [6.07, 6.45) is 0. The van der Waals surface area contributed by atoms with Crippen molar-refractivity contribution in [1.29, 1.82) is 0 Å². The maximum atomic E-state index is 12.5. The summed E-state index contributed by atoms with van der Waals surface area (Å²) in [6.45, 7) is 0. The Labute approximate surface area is 163 Å². The van der Waals surface area contributed by atoms with Crippen molar-refractivity contribution in [1.82, 2.24) is 4.90 Å². The number of anilines is 1. The standard InChI is InChI=1S/C20H13N3O6/c1-22-19(25)14-6-5-12(10-15(14)20(22)26)21-18(24)17-8-7-16(29-17)11-3-2-4-13(9-11)23(27)28/h2-10H,1H3,(H,21,24). The van der Waals surface area contributed by atoms with E-state index in [0.29, 0.717) is 17.0 Å². The maximum Gasteiger partial charge on any atom is 0.291 e. The average Bonchev–Trinajstić information content (AvgIpc) is 3.29. The molecule has 0 fully saturated rings. The van der Waals surface area contributed by atoms with Crippen LogP contribution in [0.3, 0.4) is 0 Å². The summed E-state index contributed by atoms with van der Waals surface area (Å²) in [6, 6.07) is 13.3. The molecule has 2 heterocycles. The number of carbonyl (C=O) groups is 3. The third-order valence-electron chi connectivity index (χ3n) is 4.52. The second kappa shape index (κ2) is 6.71. The summed E-state index contributed by atoms with van der Waals surface area (Å²) < 4.78 is 5.52. The molecule has 1 aromatic heterocycles. The Kier molecular flexibility index (Phi) is 4.19. The fraction of sp³-hybridized carbons (Fsp3) is 0.0500. The quantitative estimate of drug-likeness (QED) is 0.413. The van der Waals surface area contributed by atoms with Crippen LogP contribution in [0, 0.1) is 10.1 Å². The van der Waals surface area contributed by atoms with Gasteiger partial charge in [-0.05, 0) is 30.3 Å². The van der Waals surface area contributed by atoms with Gasteiger partial charge >= 0.3 is 0 Å². The van der Waals surface area contributed by atoms with Crippen LogP contribution in [-0.4, -0.2) is 34.6 Å². The number of benzene rings is 2. The van der Waals surface area contributed by atoms with Gasteiger partial charge in [0.25, 0.3) is 23.4 Å². The van der Waals surface area contributed by atoms with Crippen LogP contribution >= 0.6 is 0 Å². The highest BCUT2D eigenvalue weighted by atomic mass is 16.6. The van der Waals surface area contributed by atoms with Gasteiger partial charge in [0.2, 0.25) is 0 Å². The van der Waals surface area contributed by atoms with Crippen LogP contribution in [0.4, 0.5) is 11.4 Å². The summed E-state index contributed by atoms with van der Waals surface area (Å²) in [5.74, 6) is -1.10. The molecule has 9 heteroatoms. The van der Waals surface area contributed by atoms with Crippen molar-refractivity contribution in [2.24, 2.45) is 0 Å². The van der Waals surface area contributed by atoms with Crippen molar-refractivity contribution < 1.29 is 23.7 Å². The van der Waals surface area contributed by atoms with Crippen molar-refractivity contribution in [2.45, 2.75) is 0 Å². The van der Waals surface area contributed by atoms with Crippen molar-refractivity contribution in [2.75, 3.05) is 12.4 Å². The molecule has 0 bridgehead atoms. The van der Waals surface area contributed by atoms with Crippen LogP contribution < -0.4 is 5.32 Å². The van der Waals surface area contributed by atoms with Crippen LogP contribution in [0.2, 0.25) is 0 Å². The molecule has 0 spiro atoms. The SMILES string of the molecule is CN1C(=O)c2ccc(NC(=O)c3ccc(-c4cccc([N+](=O)[O-])c4)o3)cc2C1=O. The summed E-state index contributed by atoms with van der Waals surface area (Å²) in [7, 11) is 1.39. The molecule has 9 nitrogen and oxygen atoms in total. The van der Waals surface area contributed by atoms with Crippen LogP contribution in [0.1, 0.15) is 31.3 Å². The molecule has 0 saturated heterocycles. The minimum Gasteiger partial charge on any atom is -0.451 e. The topological polar surface area (TPSA) is 123 Å². The molecule has 3 aromatic rings. The van der Waals surface area contributed by atoms with E-state index in [-0.39, 0.29) is 22.6 Å². The minimum absolute atomic E-state index is 0.00785. The molecule has 2 aromatic carbocycles. The Bertz CT molecular complexity index is 1200. The van der Waals surface area contributed by atoms with Crippen molar-refractivity contribution in [3.63, 3.8) is 0 Å². The Morgan fingerprint density at radius 1 is 1.03 bits per heavy atom. The number of furan rings is 1. The molecule has 0 unspecified atom stereocenters. The first kappa shape index (κ1) is 18.1. The zero-order valence-corrected chi connectivity index (χ0v) is 15.0. The lowest BCUT2D eigenvalue weighted by molar-refractivity contribution is -0.384. The third-order valence-corrected chi connectivity index (χ3v) is 4.52. The molecule has 144 valence electrons. The summed E-state index contributed by atoms with van der Waals surface area (Å²) in [4.78, 5) is 47.9. The monoisotopic (exact) mass is 391 g/mol. The molecule has 0 atom stereocenters. The van der Waals surface area contributed by atoms with Gasteiger partial charge in [0.05, 0.1) is 16.1 Å². The van der Waals surface area contributed by atoms with E-state index in [0.717, 1.165) is 4.90 Å². The number of imide groups is 1. The fourth-order valence-corrected chi connectivity index (χ4v) is 3.02. The Hall–Kier alpha value is -4.27. The van der Waals surface area contributed by atoms with Crippen LogP contribution in [-0.2, 0) is 0 Å². The lowest BCUT2D eigenvalue weighted by Gasteiger charge is -2.05. The van der Waals surface area contributed by atoms with Crippen LogP contribution in [0.25, 0.3) is 11.3 Å². The highest BCUT2D eigenvalue weighted by Gasteiger charge is 2.32. The van der Waals surface area contributed by atoms with E-state index in [2.05, 4.69) is 5.32 Å². The van der Waals surface area contributed by atoms with Gasteiger partial charge < -0.3 is 9.73 Å². The van der Waals surface area contributed by atoms with E-state index in [1.165, 1.54) is 55.6 Å². The van der Waals surface area contributed by atoms with Crippen molar-refractivity contribution in [3.05, 3.63) is 81.6 Å². The van der Waals surface area contributed by atoms with Gasteiger partial charge in [-0.25, -0.2) is 0 Å². The first-order valence-corrected chi connectivity index (χ1v) is 8.47. The number of fused-ring (bicyclic) bond motifs is 1. The van der Waals surface area contributed by atoms with Gasteiger partial charge in [-0.3, -0.25) is 29.4 Å². The van der Waals surface area contributed by atoms with E-state index in [1.54, 1.807) is 6.07 Å². The molecule has 0 radical (unpaired) electrons. The van der Waals surface area contributed by atoms with E-state index in [9.17, 15) is 24.5 Å². The second-order valence-electron chi connectivity index (χ2n) is 6.36. The fourth-order valence-electron chi connectivity index (χ4n) is 3.02. The van der Waals surface area contributed by atoms with E-state index in [4.69, 9.17) is 4.42 Å². The smallest absolute Gasteiger partial charge is 0.291 e.